The monoisotopic (exact) mass is 223 g/mol. The molecule has 0 saturated heterocycles. The van der Waals surface area contributed by atoms with Crippen molar-refractivity contribution in [2.75, 3.05) is 12.3 Å². The summed E-state index contributed by atoms with van der Waals surface area (Å²) in [5, 5.41) is 3.96. The van der Waals surface area contributed by atoms with Gasteiger partial charge in [0, 0.05) is 12.6 Å². The van der Waals surface area contributed by atoms with Crippen molar-refractivity contribution in [3.8, 4) is 0 Å². The van der Waals surface area contributed by atoms with E-state index in [9.17, 15) is 13.2 Å². The third-order valence-corrected chi connectivity index (χ3v) is 1.91. The van der Waals surface area contributed by atoms with Crippen molar-refractivity contribution in [1.29, 1.82) is 0 Å². The number of nitrogen functional groups attached to an aromatic ring is 1. The SMILES string of the molecule is Cc1nn(C)c(N)c1COCC(F)(F)F. The zero-order chi connectivity index (χ0) is 11.6. The number of ether oxygens (including phenoxy) is 1. The van der Waals surface area contributed by atoms with E-state index < -0.39 is 12.8 Å². The maximum absolute atomic E-state index is 11.8. The summed E-state index contributed by atoms with van der Waals surface area (Å²) in [6.45, 7) is 0.217. The third-order valence-electron chi connectivity index (χ3n) is 1.91. The minimum absolute atomic E-state index is 0.176. The molecule has 0 aliphatic heterocycles. The van der Waals surface area contributed by atoms with Gasteiger partial charge < -0.3 is 10.5 Å². The van der Waals surface area contributed by atoms with E-state index in [1.165, 1.54) is 4.68 Å². The Morgan fingerprint density at radius 1 is 1.47 bits per heavy atom. The molecule has 1 aromatic heterocycles. The topological polar surface area (TPSA) is 53.1 Å². The Bertz CT molecular complexity index is 346. The molecular formula is C8H12F3N3O. The molecule has 15 heavy (non-hydrogen) atoms. The lowest BCUT2D eigenvalue weighted by atomic mass is 10.2. The van der Waals surface area contributed by atoms with Crippen LogP contribution in [0, 0.1) is 6.92 Å². The first-order chi connectivity index (χ1) is 6.81. The number of hydrogen-bond donors (Lipinski definition) is 1. The van der Waals surface area contributed by atoms with Crippen LogP contribution in [0.2, 0.25) is 0 Å². The molecule has 0 unspecified atom stereocenters. The number of aromatic nitrogens is 2. The molecule has 4 nitrogen and oxygen atoms in total. The van der Waals surface area contributed by atoms with E-state index in [0.717, 1.165) is 0 Å². The van der Waals surface area contributed by atoms with Crippen LogP contribution in [0.1, 0.15) is 11.3 Å². The number of rotatable bonds is 3. The van der Waals surface area contributed by atoms with Crippen molar-refractivity contribution in [3.63, 3.8) is 0 Å². The molecule has 0 bridgehead atoms. The zero-order valence-corrected chi connectivity index (χ0v) is 8.43. The van der Waals surface area contributed by atoms with Gasteiger partial charge in [-0.3, -0.25) is 4.68 Å². The van der Waals surface area contributed by atoms with Gasteiger partial charge in [-0.15, -0.1) is 0 Å². The van der Waals surface area contributed by atoms with Crippen LogP contribution in [0.15, 0.2) is 0 Å². The lowest BCUT2D eigenvalue weighted by Gasteiger charge is -2.07. The number of aryl methyl sites for hydroxylation is 2. The van der Waals surface area contributed by atoms with Gasteiger partial charge in [0.15, 0.2) is 0 Å². The quantitative estimate of drug-likeness (QED) is 0.842. The first-order valence-electron chi connectivity index (χ1n) is 4.23. The zero-order valence-electron chi connectivity index (χ0n) is 8.43. The van der Waals surface area contributed by atoms with E-state index in [-0.39, 0.29) is 6.61 Å². The number of hydrogen-bond acceptors (Lipinski definition) is 3. The van der Waals surface area contributed by atoms with Crippen LogP contribution >= 0.6 is 0 Å². The maximum Gasteiger partial charge on any atom is 0.411 e. The largest absolute Gasteiger partial charge is 0.411 e. The van der Waals surface area contributed by atoms with Gasteiger partial charge in [-0.25, -0.2) is 0 Å². The Morgan fingerprint density at radius 3 is 2.47 bits per heavy atom. The molecule has 0 fully saturated rings. The second-order valence-corrected chi connectivity index (χ2v) is 3.18. The van der Waals surface area contributed by atoms with Crippen molar-refractivity contribution in [1.82, 2.24) is 9.78 Å². The van der Waals surface area contributed by atoms with Gasteiger partial charge in [0.05, 0.1) is 12.3 Å². The van der Waals surface area contributed by atoms with Gasteiger partial charge in [0.25, 0.3) is 0 Å². The lowest BCUT2D eigenvalue weighted by Crippen LogP contribution is -2.17. The van der Waals surface area contributed by atoms with Gasteiger partial charge in [-0.1, -0.05) is 0 Å². The fourth-order valence-corrected chi connectivity index (χ4v) is 1.17. The van der Waals surface area contributed by atoms with Gasteiger partial charge in [-0.2, -0.15) is 18.3 Å². The van der Waals surface area contributed by atoms with Crippen LogP contribution in [0.4, 0.5) is 19.0 Å². The normalized spacial score (nSPS) is 12.1. The van der Waals surface area contributed by atoms with Crippen molar-refractivity contribution in [3.05, 3.63) is 11.3 Å². The number of nitrogens with two attached hydrogens (primary N) is 1. The number of halogens is 3. The van der Waals surface area contributed by atoms with Gasteiger partial charge in [0.2, 0.25) is 0 Å². The van der Waals surface area contributed by atoms with Gasteiger partial charge in [0.1, 0.15) is 12.4 Å². The van der Waals surface area contributed by atoms with E-state index in [1.807, 2.05) is 0 Å². The Kier molecular flexibility index (Phi) is 3.23. The molecule has 0 aliphatic carbocycles. The fraction of sp³-hybridized carbons (Fsp3) is 0.625. The average Bonchev–Trinajstić information content (AvgIpc) is 2.29. The third kappa shape index (κ3) is 3.12. The summed E-state index contributed by atoms with van der Waals surface area (Å²) in [4.78, 5) is 0. The predicted molar refractivity (Wildman–Crippen MR) is 48.1 cm³/mol. The molecule has 0 amide bonds. The summed E-state index contributed by atoms with van der Waals surface area (Å²) in [5.41, 5.74) is 6.67. The highest BCUT2D eigenvalue weighted by molar-refractivity contribution is 5.42. The van der Waals surface area contributed by atoms with Gasteiger partial charge >= 0.3 is 6.18 Å². The molecule has 0 aliphatic rings. The van der Waals surface area contributed by atoms with Crippen molar-refractivity contribution < 1.29 is 17.9 Å². The lowest BCUT2D eigenvalue weighted by molar-refractivity contribution is -0.176. The predicted octanol–water partition coefficient (Wildman–Crippen LogP) is 1.39. The summed E-state index contributed by atoms with van der Waals surface area (Å²) in [6, 6.07) is 0. The Balaban J connectivity index is 2.58. The molecule has 0 saturated carbocycles. The summed E-state index contributed by atoms with van der Waals surface area (Å²) < 4.78 is 41.3. The molecule has 1 rings (SSSR count). The first-order valence-corrected chi connectivity index (χ1v) is 4.23. The molecule has 0 aromatic carbocycles. The van der Waals surface area contributed by atoms with E-state index in [1.54, 1.807) is 14.0 Å². The Morgan fingerprint density at radius 2 is 2.07 bits per heavy atom. The number of alkyl halides is 3. The van der Waals surface area contributed by atoms with Crippen LogP contribution in [0.25, 0.3) is 0 Å². The smallest absolute Gasteiger partial charge is 0.384 e. The fourth-order valence-electron chi connectivity index (χ4n) is 1.17. The van der Waals surface area contributed by atoms with E-state index in [4.69, 9.17) is 5.73 Å². The summed E-state index contributed by atoms with van der Waals surface area (Å²) in [6.07, 6.45) is -4.31. The van der Waals surface area contributed by atoms with E-state index in [0.29, 0.717) is 17.1 Å². The summed E-state index contributed by atoms with van der Waals surface area (Å²) in [7, 11) is 1.62. The Labute approximate surface area is 84.8 Å². The van der Waals surface area contributed by atoms with E-state index in [2.05, 4.69) is 9.84 Å². The minimum atomic E-state index is -4.31. The second kappa shape index (κ2) is 4.09. The molecule has 2 N–H and O–H groups in total. The van der Waals surface area contributed by atoms with Crippen LogP contribution in [-0.2, 0) is 18.4 Å². The average molecular weight is 223 g/mol. The van der Waals surface area contributed by atoms with E-state index >= 15 is 0 Å². The van der Waals surface area contributed by atoms with Crippen LogP contribution in [0.5, 0.6) is 0 Å². The maximum atomic E-state index is 11.8. The Hall–Kier alpha value is -1.24. The highest BCUT2D eigenvalue weighted by Crippen LogP contribution is 2.19. The van der Waals surface area contributed by atoms with Gasteiger partial charge in [-0.05, 0) is 6.92 Å². The second-order valence-electron chi connectivity index (χ2n) is 3.18. The number of anilines is 1. The van der Waals surface area contributed by atoms with Crippen LogP contribution in [0.3, 0.4) is 0 Å². The minimum Gasteiger partial charge on any atom is -0.384 e. The number of nitrogens with zero attached hydrogens (tertiary/aromatic N) is 2. The molecule has 1 heterocycles. The van der Waals surface area contributed by atoms with Crippen LogP contribution in [-0.4, -0.2) is 22.6 Å². The van der Waals surface area contributed by atoms with Crippen molar-refractivity contribution >= 4 is 5.82 Å². The highest BCUT2D eigenvalue weighted by atomic mass is 19.4. The molecule has 0 spiro atoms. The molecule has 0 atom stereocenters. The molecule has 0 radical (unpaired) electrons. The summed E-state index contributed by atoms with van der Waals surface area (Å²) >= 11 is 0. The standard InChI is InChI=1S/C8H12F3N3O/c1-5-6(7(12)14(2)13-5)3-15-4-8(9,10)11/h3-4,12H2,1-2H3. The molecular weight excluding hydrogens is 211 g/mol. The van der Waals surface area contributed by atoms with Crippen molar-refractivity contribution in [2.45, 2.75) is 19.7 Å². The van der Waals surface area contributed by atoms with Crippen LogP contribution < -0.4 is 5.73 Å². The summed E-state index contributed by atoms with van der Waals surface area (Å²) in [5.74, 6) is 0.328. The molecule has 7 heteroatoms. The first kappa shape index (κ1) is 11.8. The van der Waals surface area contributed by atoms with Crippen molar-refractivity contribution in [2.24, 2.45) is 7.05 Å². The molecule has 1 aromatic rings. The molecule has 86 valence electrons. The highest BCUT2D eigenvalue weighted by Gasteiger charge is 2.27.